The number of primary sulfonamides is 1. The number of rotatable bonds is 6. The maximum absolute atomic E-state index is 11.4. The summed E-state index contributed by atoms with van der Waals surface area (Å²) in [5.41, 5.74) is 2.46. The van der Waals surface area contributed by atoms with Gasteiger partial charge in [0.15, 0.2) is 5.96 Å². The zero-order valence-corrected chi connectivity index (χ0v) is 17.8. The average Bonchev–Trinajstić information content (AvgIpc) is 3.36. The molecule has 9 heteroatoms. The smallest absolute Gasteiger partial charge is 0.247 e. The van der Waals surface area contributed by atoms with Crippen LogP contribution in [0.2, 0.25) is 0 Å². The normalized spacial score (nSPS) is 16.2. The second-order valence-corrected chi connectivity index (χ2v) is 9.80. The standard InChI is InChI=1S/C19H27N5O2S2/c1-14(15-6-5-7-16(12-15)24-10-3-4-11-24)23-19(21-2)22-13-17-8-9-18(27-17)28(20,25)26/h5-9,12,14H,3-4,10-11,13H2,1-2H3,(H2,20,25,26)(H2,21,22,23). The monoisotopic (exact) mass is 421 g/mol. The molecule has 28 heavy (non-hydrogen) atoms. The van der Waals surface area contributed by atoms with Crippen molar-refractivity contribution in [1.82, 2.24) is 10.6 Å². The van der Waals surface area contributed by atoms with Crippen LogP contribution in [-0.4, -0.2) is 34.5 Å². The van der Waals surface area contributed by atoms with Crippen molar-refractivity contribution >= 4 is 33.0 Å². The third-order valence-electron chi connectivity index (χ3n) is 4.77. The molecule has 2 heterocycles. The van der Waals surface area contributed by atoms with Crippen molar-refractivity contribution in [3.63, 3.8) is 0 Å². The Kier molecular flexibility index (Phi) is 6.58. The number of benzene rings is 1. The van der Waals surface area contributed by atoms with Crippen LogP contribution in [-0.2, 0) is 16.6 Å². The highest BCUT2D eigenvalue weighted by Crippen LogP contribution is 2.24. The summed E-state index contributed by atoms with van der Waals surface area (Å²) in [5, 5.41) is 11.8. The van der Waals surface area contributed by atoms with Crippen molar-refractivity contribution in [3.05, 3.63) is 46.8 Å². The Hall–Kier alpha value is -2.10. The van der Waals surface area contributed by atoms with E-state index in [1.165, 1.54) is 30.2 Å². The van der Waals surface area contributed by atoms with Crippen LogP contribution >= 0.6 is 11.3 Å². The quantitative estimate of drug-likeness (QED) is 0.491. The topological polar surface area (TPSA) is 99.8 Å². The molecule has 1 aromatic carbocycles. The summed E-state index contributed by atoms with van der Waals surface area (Å²) >= 11 is 1.16. The minimum atomic E-state index is -3.65. The summed E-state index contributed by atoms with van der Waals surface area (Å²) in [6.45, 7) is 4.81. The van der Waals surface area contributed by atoms with Gasteiger partial charge in [-0.05, 0) is 49.6 Å². The van der Waals surface area contributed by atoms with Gasteiger partial charge in [0, 0.05) is 30.7 Å². The molecule has 7 nitrogen and oxygen atoms in total. The molecule has 1 aliphatic rings. The molecular formula is C19H27N5O2S2. The van der Waals surface area contributed by atoms with Gasteiger partial charge in [0.1, 0.15) is 4.21 Å². The number of thiophene rings is 1. The van der Waals surface area contributed by atoms with E-state index in [1.54, 1.807) is 13.1 Å². The Morgan fingerprint density at radius 3 is 2.68 bits per heavy atom. The molecule has 1 aliphatic heterocycles. The van der Waals surface area contributed by atoms with E-state index in [9.17, 15) is 8.42 Å². The van der Waals surface area contributed by atoms with Crippen LogP contribution in [0.5, 0.6) is 0 Å². The Labute approximate surface area is 170 Å². The van der Waals surface area contributed by atoms with Gasteiger partial charge in [0.05, 0.1) is 12.6 Å². The van der Waals surface area contributed by atoms with Crippen LogP contribution in [0.15, 0.2) is 45.6 Å². The SMILES string of the molecule is CN=C(NCc1ccc(S(N)(=O)=O)s1)NC(C)c1cccc(N2CCCC2)c1. The summed E-state index contributed by atoms with van der Waals surface area (Å²) < 4.78 is 23.0. The molecule has 1 fully saturated rings. The summed E-state index contributed by atoms with van der Waals surface area (Å²) in [5.74, 6) is 0.657. The van der Waals surface area contributed by atoms with Gasteiger partial charge in [-0.2, -0.15) is 0 Å². The van der Waals surface area contributed by atoms with E-state index in [0.29, 0.717) is 12.5 Å². The number of hydrogen-bond donors (Lipinski definition) is 3. The van der Waals surface area contributed by atoms with Crippen LogP contribution in [0, 0.1) is 0 Å². The summed E-state index contributed by atoms with van der Waals surface area (Å²) in [7, 11) is -1.94. The zero-order valence-electron chi connectivity index (χ0n) is 16.2. The molecule has 4 N–H and O–H groups in total. The number of aliphatic imine (C=N–C) groups is 1. The second kappa shape index (κ2) is 8.93. The average molecular weight is 422 g/mol. The number of guanidine groups is 1. The first-order valence-corrected chi connectivity index (χ1v) is 11.7. The molecule has 2 aromatic rings. The summed E-state index contributed by atoms with van der Waals surface area (Å²) in [6, 6.07) is 12.0. The third kappa shape index (κ3) is 5.24. The molecule has 152 valence electrons. The van der Waals surface area contributed by atoms with Crippen molar-refractivity contribution in [1.29, 1.82) is 0 Å². The highest BCUT2D eigenvalue weighted by molar-refractivity contribution is 7.91. The Balaban J connectivity index is 1.60. The van der Waals surface area contributed by atoms with Crippen molar-refractivity contribution in [3.8, 4) is 0 Å². The lowest BCUT2D eigenvalue weighted by atomic mass is 10.1. The van der Waals surface area contributed by atoms with Gasteiger partial charge >= 0.3 is 0 Å². The number of hydrogen-bond acceptors (Lipinski definition) is 5. The van der Waals surface area contributed by atoms with E-state index in [4.69, 9.17) is 5.14 Å². The molecule has 1 unspecified atom stereocenters. The first kappa shape index (κ1) is 20.6. The highest BCUT2D eigenvalue weighted by atomic mass is 32.2. The second-order valence-electron chi connectivity index (χ2n) is 6.85. The first-order valence-electron chi connectivity index (χ1n) is 9.30. The summed E-state index contributed by atoms with van der Waals surface area (Å²) in [6.07, 6.45) is 2.51. The first-order chi connectivity index (χ1) is 13.4. The van der Waals surface area contributed by atoms with Gasteiger partial charge in [-0.15, -0.1) is 11.3 Å². The van der Waals surface area contributed by atoms with E-state index in [0.717, 1.165) is 29.3 Å². The minimum absolute atomic E-state index is 0.0806. The predicted molar refractivity (Wildman–Crippen MR) is 115 cm³/mol. The van der Waals surface area contributed by atoms with Gasteiger partial charge in [-0.1, -0.05) is 12.1 Å². The van der Waals surface area contributed by atoms with Gasteiger partial charge in [0.2, 0.25) is 10.0 Å². The van der Waals surface area contributed by atoms with Crippen molar-refractivity contribution in [2.24, 2.45) is 10.1 Å². The molecule has 1 saturated heterocycles. The molecule has 0 saturated carbocycles. The number of sulfonamides is 1. The summed E-state index contributed by atoms with van der Waals surface area (Å²) in [4.78, 5) is 7.56. The molecule has 1 atom stereocenters. The van der Waals surface area contributed by atoms with Crippen molar-refractivity contribution in [2.45, 2.75) is 36.6 Å². The fourth-order valence-electron chi connectivity index (χ4n) is 3.23. The molecule has 1 aromatic heterocycles. The fourth-order valence-corrected chi connectivity index (χ4v) is 4.94. The van der Waals surface area contributed by atoms with E-state index < -0.39 is 10.0 Å². The largest absolute Gasteiger partial charge is 0.372 e. The van der Waals surface area contributed by atoms with E-state index in [2.05, 4.69) is 51.7 Å². The van der Waals surface area contributed by atoms with E-state index in [1.807, 2.05) is 0 Å². The van der Waals surface area contributed by atoms with Crippen molar-refractivity contribution in [2.75, 3.05) is 25.0 Å². The molecule has 0 bridgehead atoms. The van der Waals surface area contributed by atoms with Crippen LogP contribution in [0.3, 0.4) is 0 Å². The van der Waals surface area contributed by atoms with E-state index >= 15 is 0 Å². The lowest BCUT2D eigenvalue weighted by molar-refractivity contribution is 0.600. The highest BCUT2D eigenvalue weighted by Gasteiger charge is 2.15. The van der Waals surface area contributed by atoms with Crippen LogP contribution in [0.1, 0.15) is 36.2 Å². The molecule has 0 spiro atoms. The maximum atomic E-state index is 11.4. The van der Waals surface area contributed by atoms with Gasteiger partial charge in [-0.25, -0.2) is 13.6 Å². The Morgan fingerprint density at radius 2 is 2.04 bits per heavy atom. The van der Waals surface area contributed by atoms with Crippen LogP contribution < -0.4 is 20.7 Å². The van der Waals surface area contributed by atoms with Crippen LogP contribution in [0.4, 0.5) is 5.69 Å². The van der Waals surface area contributed by atoms with Gasteiger partial charge < -0.3 is 15.5 Å². The fraction of sp³-hybridized carbons (Fsp3) is 0.421. The molecule has 0 amide bonds. The number of nitrogens with one attached hydrogen (secondary N) is 2. The lowest BCUT2D eigenvalue weighted by Crippen LogP contribution is -2.38. The number of nitrogens with zero attached hydrogens (tertiary/aromatic N) is 2. The van der Waals surface area contributed by atoms with Crippen molar-refractivity contribution < 1.29 is 8.42 Å². The zero-order chi connectivity index (χ0) is 20.1. The molecule has 0 aliphatic carbocycles. The predicted octanol–water partition coefficient (Wildman–Crippen LogP) is 2.42. The number of nitrogens with two attached hydrogens (primary N) is 1. The third-order valence-corrected chi connectivity index (χ3v) is 7.29. The van der Waals surface area contributed by atoms with Crippen LogP contribution in [0.25, 0.3) is 0 Å². The lowest BCUT2D eigenvalue weighted by Gasteiger charge is -2.22. The van der Waals surface area contributed by atoms with Gasteiger partial charge in [0.25, 0.3) is 0 Å². The molecule has 3 rings (SSSR count). The molecular weight excluding hydrogens is 394 g/mol. The Bertz CT molecular complexity index is 933. The minimum Gasteiger partial charge on any atom is -0.372 e. The van der Waals surface area contributed by atoms with E-state index in [-0.39, 0.29) is 10.3 Å². The molecule has 0 radical (unpaired) electrons. The maximum Gasteiger partial charge on any atom is 0.247 e. The Morgan fingerprint density at radius 1 is 1.29 bits per heavy atom. The number of anilines is 1. The van der Waals surface area contributed by atoms with Gasteiger partial charge in [-0.3, -0.25) is 4.99 Å².